The molecule has 1 aliphatic rings. The van der Waals surface area contributed by atoms with Gasteiger partial charge in [-0.3, -0.25) is 14.9 Å². The number of carbonyl (C=O) groups excluding carboxylic acids is 1. The number of likely N-dealkylation sites (tertiary alicyclic amines) is 1. The third-order valence-corrected chi connectivity index (χ3v) is 4.51. The maximum Gasteiger partial charge on any atom is 0.276 e. The summed E-state index contributed by atoms with van der Waals surface area (Å²) in [5.41, 5.74) is 0.538. The van der Waals surface area contributed by atoms with Crippen LogP contribution in [0.4, 0.5) is 5.69 Å². The molecule has 25 heavy (non-hydrogen) atoms. The third kappa shape index (κ3) is 3.28. The number of benzene rings is 1. The number of hydrogen-bond acceptors (Lipinski definition) is 7. The quantitative estimate of drug-likeness (QED) is 0.655. The van der Waals surface area contributed by atoms with E-state index in [4.69, 9.17) is 4.74 Å². The summed E-state index contributed by atoms with van der Waals surface area (Å²) in [7, 11) is 1.43. The molecule has 0 bridgehead atoms. The van der Waals surface area contributed by atoms with Crippen LogP contribution < -0.4 is 4.74 Å². The number of ether oxygens (including phenoxy) is 1. The van der Waals surface area contributed by atoms with Gasteiger partial charge in [-0.2, -0.15) is 5.21 Å². The number of nitro groups is 1. The van der Waals surface area contributed by atoms with E-state index in [1.165, 1.54) is 13.2 Å². The van der Waals surface area contributed by atoms with Crippen LogP contribution in [0.3, 0.4) is 0 Å². The molecule has 1 aromatic heterocycles. The van der Waals surface area contributed by atoms with E-state index in [0.29, 0.717) is 30.2 Å². The molecule has 10 heteroatoms. The highest BCUT2D eigenvalue weighted by atomic mass is 16.6. The molecule has 3 rings (SSSR count). The summed E-state index contributed by atoms with van der Waals surface area (Å²) in [6.07, 6.45) is 1.44. The summed E-state index contributed by atoms with van der Waals surface area (Å²) in [4.78, 5) is 25.1. The molecule has 132 valence electrons. The minimum absolute atomic E-state index is 0.121. The Morgan fingerprint density at radius 2 is 2.12 bits per heavy atom. The summed E-state index contributed by atoms with van der Waals surface area (Å²) < 4.78 is 5.18. The Hall–Kier alpha value is -3.04. The number of rotatable bonds is 4. The Kier molecular flexibility index (Phi) is 4.59. The van der Waals surface area contributed by atoms with Crippen molar-refractivity contribution in [1.29, 1.82) is 0 Å². The molecule has 1 amide bonds. The van der Waals surface area contributed by atoms with Crippen LogP contribution in [-0.2, 0) is 0 Å². The second-order valence-corrected chi connectivity index (χ2v) is 5.92. The van der Waals surface area contributed by atoms with Gasteiger partial charge in [0.05, 0.1) is 23.2 Å². The number of nitro benzene ring substituents is 1. The topological polar surface area (TPSA) is 127 Å². The van der Waals surface area contributed by atoms with Crippen LogP contribution in [0.5, 0.6) is 5.75 Å². The number of methoxy groups -OCH3 is 1. The van der Waals surface area contributed by atoms with E-state index in [-0.39, 0.29) is 23.1 Å². The van der Waals surface area contributed by atoms with Gasteiger partial charge in [-0.1, -0.05) is 5.21 Å². The highest BCUT2D eigenvalue weighted by Crippen LogP contribution is 2.31. The van der Waals surface area contributed by atoms with Gasteiger partial charge in [-0.25, -0.2) is 0 Å². The molecule has 2 heterocycles. The van der Waals surface area contributed by atoms with Gasteiger partial charge in [0.15, 0.2) is 5.82 Å². The third-order valence-electron chi connectivity index (χ3n) is 4.51. The van der Waals surface area contributed by atoms with Gasteiger partial charge in [0, 0.05) is 25.1 Å². The van der Waals surface area contributed by atoms with E-state index in [9.17, 15) is 14.9 Å². The van der Waals surface area contributed by atoms with E-state index in [0.717, 1.165) is 12.8 Å². The zero-order valence-electron chi connectivity index (χ0n) is 13.9. The lowest BCUT2D eigenvalue weighted by Gasteiger charge is -2.30. The lowest BCUT2D eigenvalue weighted by molar-refractivity contribution is -0.385. The van der Waals surface area contributed by atoms with Crippen molar-refractivity contribution in [1.82, 2.24) is 25.5 Å². The van der Waals surface area contributed by atoms with Crippen molar-refractivity contribution < 1.29 is 14.5 Å². The number of aromatic amines is 1. The van der Waals surface area contributed by atoms with Crippen molar-refractivity contribution in [2.45, 2.75) is 25.7 Å². The summed E-state index contributed by atoms with van der Waals surface area (Å²) in [6, 6.07) is 2.86. The van der Waals surface area contributed by atoms with Gasteiger partial charge in [-0.05, 0) is 25.8 Å². The summed E-state index contributed by atoms with van der Waals surface area (Å²) in [5.74, 6) is 0.900. The molecule has 0 unspecified atom stereocenters. The average Bonchev–Trinajstić information content (AvgIpc) is 3.16. The minimum Gasteiger partial charge on any atom is -0.496 e. The zero-order valence-corrected chi connectivity index (χ0v) is 13.9. The molecule has 1 aromatic carbocycles. The first-order valence-corrected chi connectivity index (χ1v) is 7.87. The van der Waals surface area contributed by atoms with Crippen molar-refractivity contribution in [3.63, 3.8) is 0 Å². The second kappa shape index (κ2) is 6.83. The molecular formula is C15H18N6O4. The molecule has 10 nitrogen and oxygen atoms in total. The SMILES string of the molecule is COc1cc(C(=O)N2CCC(c3nn[nH]n3)CC2)cc([N+](=O)[O-])c1C. The van der Waals surface area contributed by atoms with Crippen LogP contribution in [0.2, 0.25) is 0 Å². The molecule has 0 radical (unpaired) electrons. The molecule has 0 atom stereocenters. The summed E-state index contributed by atoms with van der Waals surface area (Å²) in [5, 5.41) is 25.2. The lowest BCUT2D eigenvalue weighted by Crippen LogP contribution is -2.38. The van der Waals surface area contributed by atoms with Gasteiger partial charge >= 0.3 is 0 Å². The Morgan fingerprint density at radius 1 is 1.40 bits per heavy atom. The summed E-state index contributed by atoms with van der Waals surface area (Å²) >= 11 is 0. The number of aromatic nitrogens is 4. The second-order valence-electron chi connectivity index (χ2n) is 5.92. The molecule has 1 aliphatic heterocycles. The van der Waals surface area contributed by atoms with Gasteiger partial charge < -0.3 is 9.64 Å². The molecule has 0 aliphatic carbocycles. The van der Waals surface area contributed by atoms with Crippen LogP contribution in [-0.4, -0.2) is 56.6 Å². The lowest BCUT2D eigenvalue weighted by atomic mass is 9.95. The van der Waals surface area contributed by atoms with Crippen molar-refractivity contribution in [2.24, 2.45) is 0 Å². The maximum absolute atomic E-state index is 12.7. The molecule has 2 aromatic rings. The van der Waals surface area contributed by atoms with E-state index >= 15 is 0 Å². The van der Waals surface area contributed by atoms with Gasteiger partial charge in [-0.15, -0.1) is 10.2 Å². The van der Waals surface area contributed by atoms with Crippen molar-refractivity contribution >= 4 is 11.6 Å². The van der Waals surface area contributed by atoms with E-state index < -0.39 is 4.92 Å². The van der Waals surface area contributed by atoms with Crippen molar-refractivity contribution in [3.05, 3.63) is 39.2 Å². The van der Waals surface area contributed by atoms with Crippen LogP contribution in [0.1, 0.15) is 40.5 Å². The fourth-order valence-electron chi connectivity index (χ4n) is 3.06. The standard InChI is InChI=1S/C15H18N6O4/c1-9-12(21(23)24)7-11(8-13(9)25-2)15(22)20-5-3-10(4-6-20)14-16-18-19-17-14/h7-8,10H,3-6H2,1-2H3,(H,16,17,18,19). The number of amides is 1. The Balaban J connectivity index is 1.77. The number of piperidine rings is 1. The molecule has 0 saturated carbocycles. The predicted molar refractivity (Wildman–Crippen MR) is 86.4 cm³/mol. The zero-order chi connectivity index (χ0) is 18.0. The first-order valence-electron chi connectivity index (χ1n) is 7.87. The van der Waals surface area contributed by atoms with Crippen molar-refractivity contribution in [3.8, 4) is 5.75 Å². The Morgan fingerprint density at radius 3 is 2.68 bits per heavy atom. The number of nitrogens with zero attached hydrogens (tertiary/aromatic N) is 5. The molecule has 1 N–H and O–H groups in total. The minimum atomic E-state index is -0.503. The number of tetrazole rings is 1. The van der Waals surface area contributed by atoms with E-state index in [2.05, 4.69) is 20.6 Å². The van der Waals surface area contributed by atoms with Gasteiger partial charge in [0.1, 0.15) is 5.75 Å². The van der Waals surface area contributed by atoms with Crippen molar-refractivity contribution in [2.75, 3.05) is 20.2 Å². The highest BCUT2D eigenvalue weighted by Gasteiger charge is 2.28. The fourth-order valence-corrected chi connectivity index (χ4v) is 3.06. The number of nitrogens with one attached hydrogen (secondary N) is 1. The average molecular weight is 346 g/mol. The van der Waals surface area contributed by atoms with Crippen LogP contribution >= 0.6 is 0 Å². The molecular weight excluding hydrogens is 328 g/mol. The predicted octanol–water partition coefficient (Wildman–Crippen LogP) is 1.44. The number of hydrogen-bond donors (Lipinski definition) is 1. The number of carbonyl (C=O) groups is 1. The van der Waals surface area contributed by atoms with E-state index in [1.807, 2.05) is 0 Å². The smallest absolute Gasteiger partial charge is 0.276 e. The maximum atomic E-state index is 12.7. The van der Waals surface area contributed by atoms with Gasteiger partial charge in [0.25, 0.3) is 11.6 Å². The van der Waals surface area contributed by atoms with Crippen LogP contribution in [0.25, 0.3) is 0 Å². The molecule has 1 fully saturated rings. The monoisotopic (exact) mass is 346 g/mol. The largest absolute Gasteiger partial charge is 0.496 e. The fraction of sp³-hybridized carbons (Fsp3) is 0.467. The Bertz CT molecular complexity index is 784. The Labute approximate surface area is 143 Å². The van der Waals surface area contributed by atoms with Crippen LogP contribution in [0.15, 0.2) is 12.1 Å². The molecule has 0 spiro atoms. The van der Waals surface area contributed by atoms with Gasteiger partial charge in [0.2, 0.25) is 0 Å². The normalized spacial score (nSPS) is 15.2. The van der Waals surface area contributed by atoms with E-state index in [1.54, 1.807) is 17.9 Å². The summed E-state index contributed by atoms with van der Waals surface area (Å²) in [6.45, 7) is 2.66. The highest BCUT2D eigenvalue weighted by molar-refractivity contribution is 5.95. The van der Waals surface area contributed by atoms with Crippen LogP contribution in [0, 0.1) is 17.0 Å². The first kappa shape index (κ1) is 16.8. The number of H-pyrrole nitrogens is 1. The molecule has 1 saturated heterocycles. The first-order chi connectivity index (χ1) is 12.0.